The van der Waals surface area contributed by atoms with Crippen molar-refractivity contribution in [3.63, 3.8) is 0 Å². The third-order valence-corrected chi connectivity index (χ3v) is 10.9. The van der Waals surface area contributed by atoms with E-state index < -0.39 is 36.2 Å². The number of ether oxygens (including phenoxy) is 1. The van der Waals surface area contributed by atoms with Crippen LogP contribution in [0, 0.1) is 0 Å². The third kappa shape index (κ3) is 19.8. The van der Waals surface area contributed by atoms with Gasteiger partial charge in [-0.15, -0.1) is 0 Å². The normalized spacial score (nSPS) is 24.6. The molecule has 1 aliphatic heterocycles. The van der Waals surface area contributed by atoms with Crippen molar-refractivity contribution in [2.45, 2.75) is 249 Å². The van der Waals surface area contributed by atoms with Crippen molar-refractivity contribution in [1.29, 1.82) is 0 Å². The van der Waals surface area contributed by atoms with Gasteiger partial charge in [-0.1, -0.05) is 187 Å². The molecular weight excluding hydrogens is 598 g/mol. The summed E-state index contributed by atoms with van der Waals surface area (Å²) >= 11 is 0. The molecule has 0 saturated carbocycles. The molecule has 0 radical (unpaired) electrons. The van der Waals surface area contributed by atoms with E-state index in [4.69, 9.17) is 10.5 Å². The van der Waals surface area contributed by atoms with Crippen LogP contribution in [-0.2, 0) is 4.74 Å². The lowest BCUT2D eigenvalue weighted by Gasteiger charge is -2.54. The van der Waals surface area contributed by atoms with Crippen molar-refractivity contribution >= 4 is 0 Å². The van der Waals surface area contributed by atoms with Gasteiger partial charge < -0.3 is 30.9 Å². The molecule has 1 fully saturated rings. The average Bonchev–Trinajstić information content (AvgIpc) is 3.08. The maximum atomic E-state index is 11.7. The van der Waals surface area contributed by atoms with Gasteiger partial charge in [0.25, 0.3) is 0 Å². The van der Waals surface area contributed by atoms with Crippen LogP contribution in [0.25, 0.3) is 0 Å². The summed E-state index contributed by atoms with van der Waals surface area (Å²) in [5.74, 6) is 0. The minimum Gasteiger partial charge on any atom is -0.394 e. The zero-order valence-corrected chi connectivity index (χ0v) is 32.0. The maximum Gasteiger partial charge on any atom is 0.148 e. The molecule has 0 amide bonds. The zero-order chi connectivity index (χ0) is 35.2. The summed E-state index contributed by atoms with van der Waals surface area (Å²) in [6.45, 7) is 4.09. The minimum absolute atomic E-state index is 0.282. The molecule has 48 heavy (non-hydrogen) atoms. The summed E-state index contributed by atoms with van der Waals surface area (Å²) in [4.78, 5) is 0. The number of aliphatic hydroxyl groups excluding tert-OH is 3. The van der Waals surface area contributed by atoms with Gasteiger partial charge in [0.2, 0.25) is 0 Å². The van der Waals surface area contributed by atoms with Crippen LogP contribution in [0.1, 0.15) is 219 Å². The van der Waals surface area contributed by atoms with Crippen LogP contribution in [0.4, 0.5) is 0 Å². The maximum absolute atomic E-state index is 11.7. The smallest absolute Gasteiger partial charge is 0.148 e. The van der Waals surface area contributed by atoms with Crippen LogP contribution in [0.5, 0.6) is 0 Å². The Morgan fingerprint density at radius 2 is 0.854 bits per heavy atom. The number of hydrogen-bond acceptors (Lipinski definition) is 6. The van der Waals surface area contributed by atoms with Crippen LogP contribution < -0.4 is 5.73 Å². The quantitative estimate of drug-likeness (QED) is 0.0341. The van der Waals surface area contributed by atoms with E-state index in [9.17, 15) is 20.4 Å². The Morgan fingerprint density at radius 1 is 0.521 bits per heavy atom. The predicted octanol–water partition coefficient (Wildman–Crippen LogP) is 10.6. The number of nitrogens with two attached hydrogens (primary N) is 1. The topological polar surface area (TPSA) is 116 Å². The highest BCUT2D eigenvalue weighted by molar-refractivity contribution is 5.09. The fourth-order valence-corrected chi connectivity index (χ4v) is 7.54. The largest absolute Gasteiger partial charge is 0.394 e. The third-order valence-electron chi connectivity index (χ3n) is 10.9. The van der Waals surface area contributed by atoms with Crippen LogP contribution >= 0.6 is 0 Å². The average molecular weight is 682 g/mol. The number of aliphatic hydroxyl groups is 4. The van der Waals surface area contributed by atoms with Gasteiger partial charge in [0, 0.05) is 0 Å². The Bertz CT molecular complexity index is 735. The molecule has 1 saturated heterocycles. The van der Waals surface area contributed by atoms with E-state index in [0.29, 0.717) is 6.42 Å². The minimum atomic E-state index is -1.74. The monoisotopic (exact) mass is 682 g/mol. The first-order valence-electron chi connectivity index (χ1n) is 21.2. The second-order valence-electron chi connectivity index (χ2n) is 15.3. The standard InChI is InChI=1S/C42H83NO5/c1-3-5-7-9-11-13-15-17-19-21-23-25-27-29-31-33-35-41(47)40(46)39(45)38(37-44)48-42(41,43)36-34-32-30-28-26-24-22-20-18-16-14-12-10-8-6-4-2/h18,20,38-40,44-47H,3-17,19,21-37,43H2,1-2H3/b20-18-/t38-,39-,40+,41-,42-/m1/s1. The van der Waals surface area contributed by atoms with Crippen LogP contribution in [0.2, 0.25) is 0 Å². The molecule has 6 N–H and O–H groups in total. The van der Waals surface area contributed by atoms with Gasteiger partial charge in [0.05, 0.1) is 6.61 Å². The van der Waals surface area contributed by atoms with E-state index in [2.05, 4.69) is 26.0 Å². The Balaban J connectivity index is 2.24. The van der Waals surface area contributed by atoms with E-state index in [1.807, 2.05) is 0 Å². The second kappa shape index (κ2) is 30.2. The molecule has 0 unspecified atom stereocenters. The van der Waals surface area contributed by atoms with Crippen molar-refractivity contribution in [2.24, 2.45) is 5.73 Å². The highest BCUT2D eigenvalue weighted by atomic mass is 16.6. The molecule has 0 bridgehead atoms. The van der Waals surface area contributed by atoms with Crippen LogP contribution in [-0.4, -0.2) is 56.7 Å². The Labute approximate surface area is 298 Å². The summed E-state index contributed by atoms with van der Waals surface area (Å²) in [5, 5.41) is 43.1. The Hall–Kier alpha value is -0.500. The van der Waals surface area contributed by atoms with Crippen LogP contribution in [0.3, 0.4) is 0 Å². The molecule has 1 heterocycles. The van der Waals surface area contributed by atoms with Crippen molar-refractivity contribution in [3.8, 4) is 0 Å². The number of hydrogen-bond donors (Lipinski definition) is 5. The first-order chi connectivity index (χ1) is 23.4. The lowest BCUT2D eigenvalue weighted by molar-refractivity contribution is -0.321. The van der Waals surface area contributed by atoms with Crippen molar-refractivity contribution in [3.05, 3.63) is 12.2 Å². The number of allylic oxidation sites excluding steroid dienone is 2. The molecular formula is C42H83NO5. The molecule has 6 nitrogen and oxygen atoms in total. The van der Waals surface area contributed by atoms with Crippen molar-refractivity contribution in [1.82, 2.24) is 0 Å². The van der Waals surface area contributed by atoms with E-state index >= 15 is 0 Å². The number of unbranched alkanes of at least 4 members (excludes halogenated alkanes) is 27. The molecule has 1 aliphatic rings. The van der Waals surface area contributed by atoms with E-state index in [1.54, 1.807) is 0 Å². The molecule has 0 spiro atoms. The molecule has 0 aromatic carbocycles. The van der Waals surface area contributed by atoms with Crippen molar-refractivity contribution in [2.75, 3.05) is 6.61 Å². The first-order valence-corrected chi connectivity index (χ1v) is 21.2. The summed E-state index contributed by atoms with van der Waals surface area (Å²) in [7, 11) is 0. The lowest BCUT2D eigenvalue weighted by Crippen LogP contribution is -2.76. The zero-order valence-electron chi connectivity index (χ0n) is 32.0. The highest BCUT2D eigenvalue weighted by Gasteiger charge is 2.60. The fourth-order valence-electron chi connectivity index (χ4n) is 7.54. The van der Waals surface area contributed by atoms with Gasteiger partial charge in [0.15, 0.2) is 0 Å². The molecule has 0 aromatic heterocycles. The summed E-state index contributed by atoms with van der Waals surface area (Å²) in [6.07, 6.45) is 38.8. The predicted molar refractivity (Wildman–Crippen MR) is 204 cm³/mol. The molecule has 286 valence electrons. The summed E-state index contributed by atoms with van der Waals surface area (Å²) < 4.78 is 5.99. The van der Waals surface area contributed by atoms with E-state index in [0.717, 1.165) is 44.9 Å². The first kappa shape index (κ1) is 45.5. The molecule has 5 atom stereocenters. The fraction of sp³-hybridized carbons (Fsp3) is 0.952. The lowest BCUT2D eigenvalue weighted by atomic mass is 9.73. The van der Waals surface area contributed by atoms with Gasteiger partial charge >= 0.3 is 0 Å². The Kier molecular flexibility index (Phi) is 28.6. The Morgan fingerprint density at radius 3 is 1.23 bits per heavy atom. The van der Waals surface area contributed by atoms with Gasteiger partial charge in [-0.25, -0.2) is 0 Å². The van der Waals surface area contributed by atoms with E-state index in [1.165, 1.54) is 148 Å². The summed E-state index contributed by atoms with van der Waals surface area (Å²) in [5.41, 5.74) is 3.49. The highest BCUT2D eigenvalue weighted by Crippen LogP contribution is 2.41. The molecule has 6 heteroatoms. The SMILES string of the molecule is CCCCCCCC/C=C\CCCCCCCC[C@@]1(N)O[C@H](CO)[C@@H](O)[C@H](O)[C@]1(O)CCCCCCCCCCCCCCCCCC. The van der Waals surface area contributed by atoms with Gasteiger partial charge in [-0.3, -0.25) is 0 Å². The molecule has 0 aliphatic carbocycles. The van der Waals surface area contributed by atoms with Gasteiger partial charge in [0.1, 0.15) is 29.6 Å². The van der Waals surface area contributed by atoms with Crippen LogP contribution in [0.15, 0.2) is 12.2 Å². The summed E-state index contributed by atoms with van der Waals surface area (Å²) in [6, 6.07) is 0. The second-order valence-corrected chi connectivity index (χ2v) is 15.3. The molecule has 0 aromatic rings. The van der Waals surface area contributed by atoms with Crippen molar-refractivity contribution < 1.29 is 25.2 Å². The van der Waals surface area contributed by atoms with Gasteiger partial charge in [-0.05, 0) is 44.9 Å². The number of rotatable bonds is 34. The van der Waals surface area contributed by atoms with E-state index in [-0.39, 0.29) is 6.42 Å². The van der Waals surface area contributed by atoms with Gasteiger partial charge in [-0.2, -0.15) is 0 Å². The molecule has 1 rings (SSSR count).